The fraction of sp³-hybridized carbons (Fsp3) is 0.176. The molecule has 21 heavy (non-hydrogen) atoms. The molecule has 0 atom stereocenters. The fourth-order valence-corrected chi connectivity index (χ4v) is 2.28. The molecule has 0 unspecified atom stereocenters. The van der Waals surface area contributed by atoms with Crippen molar-refractivity contribution in [2.24, 2.45) is 0 Å². The van der Waals surface area contributed by atoms with Crippen molar-refractivity contribution in [3.63, 3.8) is 0 Å². The quantitative estimate of drug-likeness (QED) is 0.707. The molecule has 1 aromatic heterocycles. The second kappa shape index (κ2) is 6.08. The van der Waals surface area contributed by atoms with Crippen molar-refractivity contribution < 1.29 is 13.9 Å². The summed E-state index contributed by atoms with van der Waals surface area (Å²) in [6.07, 6.45) is 0. The summed E-state index contributed by atoms with van der Waals surface area (Å²) >= 11 is 0. The lowest BCUT2D eigenvalue weighted by molar-refractivity contribution is 0.291. The van der Waals surface area contributed by atoms with E-state index in [2.05, 4.69) is 5.32 Å². The summed E-state index contributed by atoms with van der Waals surface area (Å²) in [7, 11) is 0. The second-order valence-corrected chi connectivity index (χ2v) is 4.86. The molecule has 0 amide bonds. The zero-order chi connectivity index (χ0) is 14.7. The molecule has 4 heteroatoms. The van der Waals surface area contributed by atoms with Crippen molar-refractivity contribution >= 4 is 11.0 Å². The Labute approximate surface area is 122 Å². The number of fused-ring (bicyclic) bond motifs is 1. The van der Waals surface area contributed by atoms with Gasteiger partial charge >= 0.3 is 0 Å². The summed E-state index contributed by atoms with van der Waals surface area (Å²) in [5, 5.41) is 12.5. The van der Waals surface area contributed by atoms with Crippen molar-refractivity contribution in [3.05, 3.63) is 59.9 Å². The van der Waals surface area contributed by atoms with E-state index in [1.165, 1.54) is 6.07 Å². The molecule has 0 radical (unpaired) electrons. The highest BCUT2D eigenvalue weighted by molar-refractivity contribution is 5.83. The number of furan rings is 1. The lowest BCUT2D eigenvalue weighted by Crippen LogP contribution is -2.18. The molecule has 3 aromatic rings. The molecule has 0 aliphatic rings. The van der Waals surface area contributed by atoms with E-state index in [4.69, 9.17) is 9.52 Å². The predicted molar refractivity (Wildman–Crippen MR) is 80.4 cm³/mol. The van der Waals surface area contributed by atoms with Gasteiger partial charge < -0.3 is 14.8 Å². The third kappa shape index (κ3) is 2.96. The zero-order valence-electron chi connectivity index (χ0n) is 11.5. The first-order chi connectivity index (χ1) is 10.3. The van der Waals surface area contributed by atoms with E-state index in [1.807, 2.05) is 36.4 Å². The second-order valence-electron chi connectivity index (χ2n) is 4.86. The molecule has 0 aliphatic carbocycles. The van der Waals surface area contributed by atoms with Gasteiger partial charge in [0.1, 0.15) is 17.2 Å². The zero-order valence-corrected chi connectivity index (χ0v) is 11.5. The van der Waals surface area contributed by atoms with Crippen LogP contribution >= 0.6 is 0 Å². The summed E-state index contributed by atoms with van der Waals surface area (Å²) in [4.78, 5) is 0. The van der Waals surface area contributed by atoms with E-state index in [1.54, 1.807) is 6.07 Å². The highest BCUT2D eigenvalue weighted by atomic mass is 19.1. The molecule has 2 N–H and O–H groups in total. The molecule has 3 nitrogen and oxygen atoms in total. The minimum absolute atomic E-state index is 0.0305. The first-order valence-corrected chi connectivity index (χ1v) is 6.87. The summed E-state index contributed by atoms with van der Waals surface area (Å²) in [5.74, 6) is 0.457. The van der Waals surface area contributed by atoms with Crippen molar-refractivity contribution in [3.8, 4) is 11.3 Å². The van der Waals surface area contributed by atoms with Gasteiger partial charge in [-0.25, -0.2) is 4.39 Å². The van der Waals surface area contributed by atoms with E-state index < -0.39 is 0 Å². The molecule has 3 rings (SSSR count). The number of halogens is 1. The van der Waals surface area contributed by atoms with Crippen molar-refractivity contribution in [1.29, 1.82) is 0 Å². The van der Waals surface area contributed by atoms with E-state index in [-0.39, 0.29) is 12.4 Å². The van der Waals surface area contributed by atoms with Gasteiger partial charge in [0, 0.05) is 29.6 Å². The third-order valence-electron chi connectivity index (χ3n) is 3.35. The van der Waals surface area contributed by atoms with E-state index in [0.717, 1.165) is 16.7 Å². The Morgan fingerprint density at radius 3 is 2.67 bits per heavy atom. The van der Waals surface area contributed by atoms with Gasteiger partial charge in [0.05, 0.1) is 6.61 Å². The monoisotopic (exact) mass is 285 g/mol. The van der Waals surface area contributed by atoms with Crippen LogP contribution in [0.15, 0.2) is 52.9 Å². The van der Waals surface area contributed by atoms with Gasteiger partial charge in [-0.2, -0.15) is 0 Å². The highest BCUT2D eigenvalue weighted by Crippen LogP contribution is 2.29. The third-order valence-corrected chi connectivity index (χ3v) is 3.35. The van der Waals surface area contributed by atoms with Crippen LogP contribution in [0.3, 0.4) is 0 Å². The average Bonchev–Trinajstić information content (AvgIpc) is 2.91. The van der Waals surface area contributed by atoms with Crippen molar-refractivity contribution in [2.45, 2.75) is 6.54 Å². The molecular formula is C17H16FNO2. The standard InChI is InChI=1S/C17H16FNO2/c18-15-8-13-9-16(12-4-2-1-3-5-12)21-17(13)10-14(15)11-19-6-7-20/h1-5,8-10,19-20H,6-7,11H2. The minimum Gasteiger partial charge on any atom is -0.456 e. The Morgan fingerprint density at radius 2 is 1.90 bits per heavy atom. The van der Waals surface area contributed by atoms with Crippen molar-refractivity contribution in [2.75, 3.05) is 13.2 Å². The molecule has 0 saturated heterocycles. The van der Waals surface area contributed by atoms with Gasteiger partial charge in [0.2, 0.25) is 0 Å². The van der Waals surface area contributed by atoms with Crippen LogP contribution < -0.4 is 5.32 Å². The number of benzene rings is 2. The van der Waals surface area contributed by atoms with Crippen LogP contribution in [0.4, 0.5) is 4.39 Å². The molecular weight excluding hydrogens is 269 g/mol. The topological polar surface area (TPSA) is 45.4 Å². The minimum atomic E-state index is -0.270. The molecule has 0 spiro atoms. The number of nitrogens with one attached hydrogen (secondary N) is 1. The van der Waals surface area contributed by atoms with Gasteiger partial charge in [-0.3, -0.25) is 0 Å². The van der Waals surface area contributed by atoms with Gasteiger partial charge in [0.25, 0.3) is 0 Å². The molecule has 2 aromatic carbocycles. The van der Waals surface area contributed by atoms with Gasteiger partial charge in [-0.05, 0) is 18.2 Å². The normalized spacial score (nSPS) is 11.1. The fourth-order valence-electron chi connectivity index (χ4n) is 2.28. The maximum Gasteiger partial charge on any atom is 0.135 e. The molecule has 0 bridgehead atoms. The van der Waals surface area contributed by atoms with Crippen LogP contribution in [0.2, 0.25) is 0 Å². The van der Waals surface area contributed by atoms with Crippen LogP contribution in [-0.2, 0) is 6.54 Å². The Hall–Kier alpha value is -2.17. The Bertz CT molecular complexity index is 737. The highest BCUT2D eigenvalue weighted by Gasteiger charge is 2.10. The first kappa shape index (κ1) is 13.8. The van der Waals surface area contributed by atoms with Crippen LogP contribution in [-0.4, -0.2) is 18.3 Å². The first-order valence-electron chi connectivity index (χ1n) is 6.87. The number of aliphatic hydroxyl groups is 1. The van der Waals surface area contributed by atoms with Gasteiger partial charge in [-0.15, -0.1) is 0 Å². The molecule has 108 valence electrons. The maximum absolute atomic E-state index is 14.0. The van der Waals surface area contributed by atoms with E-state index >= 15 is 0 Å². The smallest absolute Gasteiger partial charge is 0.135 e. The number of hydrogen-bond acceptors (Lipinski definition) is 3. The Morgan fingerprint density at radius 1 is 1.10 bits per heavy atom. The van der Waals surface area contributed by atoms with Crippen LogP contribution in [0, 0.1) is 5.82 Å². The van der Waals surface area contributed by atoms with Crippen molar-refractivity contribution in [1.82, 2.24) is 5.32 Å². The maximum atomic E-state index is 14.0. The van der Waals surface area contributed by atoms with E-state index in [9.17, 15) is 4.39 Å². The van der Waals surface area contributed by atoms with Crippen LogP contribution in [0.25, 0.3) is 22.3 Å². The van der Waals surface area contributed by atoms with Gasteiger partial charge in [0.15, 0.2) is 0 Å². The van der Waals surface area contributed by atoms with Crippen LogP contribution in [0.1, 0.15) is 5.56 Å². The number of aliphatic hydroxyl groups excluding tert-OH is 1. The molecule has 1 heterocycles. The largest absolute Gasteiger partial charge is 0.456 e. The lowest BCUT2D eigenvalue weighted by Gasteiger charge is -2.04. The summed E-state index contributed by atoms with van der Waals surface area (Å²) in [6.45, 7) is 0.831. The summed E-state index contributed by atoms with van der Waals surface area (Å²) < 4.78 is 19.8. The lowest BCUT2D eigenvalue weighted by atomic mass is 10.1. The Kier molecular flexibility index (Phi) is 3.99. The Balaban J connectivity index is 1.94. The van der Waals surface area contributed by atoms with Gasteiger partial charge in [-0.1, -0.05) is 30.3 Å². The number of hydrogen-bond donors (Lipinski definition) is 2. The summed E-state index contributed by atoms with van der Waals surface area (Å²) in [6, 6.07) is 14.8. The van der Waals surface area contributed by atoms with E-state index in [0.29, 0.717) is 24.2 Å². The van der Waals surface area contributed by atoms with Crippen LogP contribution in [0.5, 0.6) is 0 Å². The SMILES string of the molecule is OCCNCc1cc2oc(-c3ccccc3)cc2cc1F. The number of rotatable bonds is 5. The molecule has 0 fully saturated rings. The molecule has 0 aliphatic heterocycles. The summed E-state index contributed by atoms with van der Waals surface area (Å²) in [5.41, 5.74) is 2.16. The molecule has 0 saturated carbocycles. The average molecular weight is 285 g/mol. The predicted octanol–water partition coefficient (Wildman–Crippen LogP) is 3.32.